The van der Waals surface area contributed by atoms with E-state index in [0.29, 0.717) is 29.2 Å². The standard InChI is InChI=1S/C21H23ClN4O3S/c1-25-12-15(10-17(27)23-11-14-2-4-16(22)5-3-14)20(28)19-21(25)30-18(24-19)13-26-6-8-29-9-7-26/h2-5,12H,6-11,13H2,1H3,(H,23,27). The third kappa shape index (κ3) is 4.89. The quantitative estimate of drug-likeness (QED) is 0.629. The van der Waals surface area contributed by atoms with Crippen molar-refractivity contribution in [3.63, 3.8) is 0 Å². The minimum atomic E-state index is -0.204. The number of pyridine rings is 1. The van der Waals surface area contributed by atoms with Crippen LogP contribution in [0.5, 0.6) is 0 Å². The molecule has 30 heavy (non-hydrogen) atoms. The number of nitrogens with zero attached hydrogens (tertiary/aromatic N) is 3. The lowest BCUT2D eigenvalue weighted by atomic mass is 10.1. The number of halogens is 1. The molecule has 1 aromatic carbocycles. The van der Waals surface area contributed by atoms with Crippen LogP contribution < -0.4 is 10.7 Å². The lowest BCUT2D eigenvalue weighted by molar-refractivity contribution is -0.120. The molecule has 1 amide bonds. The highest BCUT2D eigenvalue weighted by molar-refractivity contribution is 7.18. The number of nitrogens with one attached hydrogen (secondary N) is 1. The van der Waals surface area contributed by atoms with Gasteiger partial charge in [-0.1, -0.05) is 35.1 Å². The molecule has 1 aliphatic heterocycles. The second-order valence-electron chi connectivity index (χ2n) is 7.32. The van der Waals surface area contributed by atoms with Gasteiger partial charge in [0.1, 0.15) is 15.4 Å². The Morgan fingerprint density at radius 3 is 2.73 bits per heavy atom. The Morgan fingerprint density at radius 2 is 2.00 bits per heavy atom. The molecule has 1 fully saturated rings. The predicted molar refractivity (Wildman–Crippen MR) is 118 cm³/mol. The van der Waals surface area contributed by atoms with Crippen molar-refractivity contribution in [1.82, 2.24) is 19.8 Å². The summed E-state index contributed by atoms with van der Waals surface area (Å²) in [5.74, 6) is -0.204. The number of fused-ring (bicyclic) bond motifs is 1. The number of hydrogen-bond acceptors (Lipinski definition) is 6. The van der Waals surface area contributed by atoms with Gasteiger partial charge in [-0.15, -0.1) is 0 Å². The maximum atomic E-state index is 12.9. The molecule has 1 aliphatic rings. The van der Waals surface area contributed by atoms with Crippen LogP contribution in [-0.2, 0) is 36.1 Å². The molecule has 9 heteroatoms. The van der Waals surface area contributed by atoms with Crippen LogP contribution in [0, 0.1) is 0 Å². The van der Waals surface area contributed by atoms with E-state index in [1.165, 1.54) is 11.3 Å². The Hall–Kier alpha value is -2.26. The van der Waals surface area contributed by atoms with Gasteiger partial charge in [0.05, 0.1) is 26.2 Å². The first-order chi connectivity index (χ1) is 14.5. The van der Waals surface area contributed by atoms with E-state index in [1.807, 2.05) is 23.7 Å². The number of aromatic nitrogens is 2. The summed E-state index contributed by atoms with van der Waals surface area (Å²) in [5.41, 5.74) is 1.66. The van der Waals surface area contributed by atoms with Crippen molar-refractivity contribution in [2.45, 2.75) is 19.5 Å². The highest BCUT2D eigenvalue weighted by Crippen LogP contribution is 2.21. The number of aryl methyl sites for hydroxylation is 1. The average molecular weight is 447 g/mol. The molecule has 0 aliphatic carbocycles. The molecule has 0 radical (unpaired) electrons. The smallest absolute Gasteiger partial charge is 0.224 e. The van der Waals surface area contributed by atoms with E-state index >= 15 is 0 Å². The predicted octanol–water partition coefficient (Wildman–Crippen LogP) is 2.34. The Morgan fingerprint density at radius 1 is 1.27 bits per heavy atom. The highest BCUT2D eigenvalue weighted by Gasteiger charge is 2.18. The van der Waals surface area contributed by atoms with Crippen LogP contribution in [0.25, 0.3) is 10.3 Å². The zero-order valence-corrected chi connectivity index (χ0v) is 18.3. The maximum absolute atomic E-state index is 12.9. The number of benzene rings is 1. The summed E-state index contributed by atoms with van der Waals surface area (Å²) in [7, 11) is 1.88. The summed E-state index contributed by atoms with van der Waals surface area (Å²) in [6.45, 7) is 4.27. The molecule has 158 valence electrons. The molecule has 3 aromatic rings. The van der Waals surface area contributed by atoms with Crippen molar-refractivity contribution < 1.29 is 9.53 Å². The Balaban J connectivity index is 1.47. The molecule has 2 aromatic heterocycles. The van der Waals surface area contributed by atoms with Crippen LogP contribution in [0.2, 0.25) is 5.02 Å². The molecule has 1 saturated heterocycles. The van der Waals surface area contributed by atoms with Crippen molar-refractivity contribution in [2.24, 2.45) is 7.05 Å². The number of hydrogen-bond donors (Lipinski definition) is 1. The van der Waals surface area contributed by atoms with Crippen LogP contribution in [0.15, 0.2) is 35.3 Å². The van der Waals surface area contributed by atoms with Crippen LogP contribution in [0.1, 0.15) is 16.1 Å². The van der Waals surface area contributed by atoms with Gasteiger partial charge in [-0.2, -0.15) is 0 Å². The fraction of sp³-hybridized carbons (Fsp3) is 0.381. The SMILES string of the molecule is Cn1cc(CC(=O)NCc2ccc(Cl)cc2)c(=O)c2nc(CN3CCOCC3)sc21. The molecule has 0 atom stereocenters. The number of amides is 1. The van der Waals surface area contributed by atoms with Gasteiger partial charge in [-0.05, 0) is 17.7 Å². The lowest BCUT2D eigenvalue weighted by Gasteiger charge is -2.25. The van der Waals surface area contributed by atoms with E-state index in [0.717, 1.165) is 41.7 Å². The van der Waals surface area contributed by atoms with Crippen molar-refractivity contribution in [2.75, 3.05) is 26.3 Å². The Bertz CT molecular complexity index is 1100. The molecule has 0 unspecified atom stereocenters. The summed E-state index contributed by atoms with van der Waals surface area (Å²) < 4.78 is 7.27. The van der Waals surface area contributed by atoms with E-state index in [-0.39, 0.29) is 17.8 Å². The van der Waals surface area contributed by atoms with Crippen LogP contribution >= 0.6 is 22.9 Å². The normalized spacial score (nSPS) is 14.9. The minimum absolute atomic E-state index is 0.0204. The van der Waals surface area contributed by atoms with Crippen molar-refractivity contribution in [3.8, 4) is 0 Å². The first-order valence-electron chi connectivity index (χ1n) is 9.79. The second-order valence-corrected chi connectivity index (χ2v) is 8.82. The fourth-order valence-corrected chi connectivity index (χ4v) is 4.59. The van der Waals surface area contributed by atoms with Crippen molar-refractivity contribution in [1.29, 1.82) is 0 Å². The Labute approximate surface area is 183 Å². The number of carbonyl (C=O) groups is 1. The van der Waals surface area contributed by atoms with Crippen molar-refractivity contribution >= 4 is 39.2 Å². The minimum Gasteiger partial charge on any atom is -0.379 e. The highest BCUT2D eigenvalue weighted by atomic mass is 35.5. The van der Waals surface area contributed by atoms with Gasteiger partial charge in [0.25, 0.3) is 0 Å². The maximum Gasteiger partial charge on any atom is 0.224 e. The van der Waals surface area contributed by atoms with Gasteiger partial charge >= 0.3 is 0 Å². The number of thiazole rings is 1. The first kappa shape index (κ1) is 21.0. The number of ether oxygens (including phenoxy) is 1. The van der Waals surface area contributed by atoms with Gasteiger partial charge in [0, 0.05) is 43.5 Å². The molecule has 4 rings (SSSR count). The molecule has 3 heterocycles. The van der Waals surface area contributed by atoms with E-state index in [4.69, 9.17) is 16.3 Å². The topological polar surface area (TPSA) is 76.5 Å². The van der Waals surface area contributed by atoms with Gasteiger partial charge in [0.15, 0.2) is 0 Å². The Kier molecular flexibility index (Phi) is 6.48. The molecule has 0 saturated carbocycles. The second kappa shape index (κ2) is 9.26. The van der Waals surface area contributed by atoms with Gasteiger partial charge in [-0.25, -0.2) is 4.98 Å². The van der Waals surface area contributed by atoms with Crippen molar-refractivity contribution in [3.05, 3.63) is 61.8 Å². The van der Waals surface area contributed by atoms with Gasteiger partial charge in [-0.3, -0.25) is 14.5 Å². The number of carbonyl (C=O) groups excluding carboxylic acids is 1. The van der Waals surface area contributed by atoms with E-state index < -0.39 is 0 Å². The lowest BCUT2D eigenvalue weighted by Crippen LogP contribution is -2.35. The van der Waals surface area contributed by atoms with E-state index in [2.05, 4.69) is 15.2 Å². The molecule has 0 spiro atoms. The molecular weight excluding hydrogens is 424 g/mol. The monoisotopic (exact) mass is 446 g/mol. The summed E-state index contributed by atoms with van der Waals surface area (Å²) in [6.07, 6.45) is 1.76. The van der Waals surface area contributed by atoms with Gasteiger partial charge in [0.2, 0.25) is 11.3 Å². The van der Waals surface area contributed by atoms with Crippen LogP contribution in [0.4, 0.5) is 0 Å². The van der Waals surface area contributed by atoms with Gasteiger partial charge < -0.3 is 14.6 Å². The zero-order valence-electron chi connectivity index (χ0n) is 16.7. The fourth-order valence-electron chi connectivity index (χ4n) is 3.43. The number of rotatable bonds is 6. The average Bonchev–Trinajstić information content (AvgIpc) is 3.17. The molecular formula is C21H23ClN4O3S. The zero-order chi connectivity index (χ0) is 21.1. The third-order valence-corrected chi connectivity index (χ3v) is 6.43. The molecule has 0 bridgehead atoms. The van der Waals surface area contributed by atoms with Crippen LogP contribution in [0.3, 0.4) is 0 Å². The molecule has 7 nitrogen and oxygen atoms in total. The summed E-state index contributed by atoms with van der Waals surface area (Å²) >= 11 is 7.41. The van der Waals surface area contributed by atoms with Crippen LogP contribution in [-0.4, -0.2) is 46.7 Å². The van der Waals surface area contributed by atoms with E-state index in [1.54, 1.807) is 18.3 Å². The summed E-state index contributed by atoms with van der Waals surface area (Å²) in [5, 5.41) is 4.41. The molecule has 1 N–H and O–H groups in total. The largest absolute Gasteiger partial charge is 0.379 e. The third-order valence-electron chi connectivity index (χ3n) is 5.05. The summed E-state index contributed by atoms with van der Waals surface area (Å²) in [6, 6.07) is 7.28. The first-order valence-corrected chi connectivity index (χ1v) is 11.0. The summed E-state index contributed by atoms with van der Waals surface area (Å²) in [4.78, 5) is 33.0. The number of morpholine rings is 1. The van der Waals surface area contributed by atoms with E-state index in [9.17, 15) is 9.59 Å².